The van der Waals surface area contributed by atoms with Gasteiger partial charge in [-0.1, -0.05) is 12.1 Å². The molecule has 0 fully saturated rings. The average Bonchev–Trinajstić information content (AvgIpc) is 2.45. The van der Waals surface area contributed by atoms with Crippen molar-refractivity contribution in [3.63, 3.8) is 0 Å². The Kier molecular flexibility index (Phi) is 4.74. The lowest BCUT2D eigenvalue weighted by Gasteiger charge is -2.11. The number of rotatable bonds is 6. The monoisotopic (exact) mass is 293 g/mol. The maximum atomic E-state index is 12.4. The molecule has 5 nitrogen and oxygen atoms in total. The van der Waals surface area contributed by atoms with Crippen molar-refractivity contribution >= 4 is 28.4 Å². The van der Waals surface area contributed by atoms with Crippen LogP contribution in [0.25, 0.3) is 10.9 Å². The van der Waals surface area contributed by atoms with Crippen LogP contribution in [0.15, 0.2) is 29.1 Å². The first-order valence-electron chi connectivity index (χ1n) is 6.46. The fourth-order valence-corrected chi connectivity index (χ4v) is 2.32. The van der Waals surface area contributed by atoms with Crippen molar-refractivity contribution in [2.24, 2.45) is 5.73 Å². The Balaban J connectivity index is 2.29. The third-order valence-corrected chi connectivity index (χ3v) is 3.35. The highest BCUT2D eigenvalue weighted by Gasteiger charge is 2.09. The molecule has 106 valence electrons. The van der Waals surface area contributed by atoms with Crippen LogP contribution in [0, 0.1) is 0 Å². The summed E-state index contributed by atoms with van der Waals surface area (Å²) in [6, 6.07) is 7.19. The molecule has 0 aliphatic carbocycles. The first-order chi connectivity index (χ1) is 9.63. The minimum Gasteiger partial charge on any atom is -0.370 e. The smallest absolute Gasteiger partial charge is 0.261 e. The van der Waals surface area contributed by atoms with E-state index >= 15 is 0 Å². The average molecular weight is 294 g/mol. The van der Waals surface area contributed by atoms with E-state index in [1.54, 1.807) is 16.7 Å². The fourth-order valence-electron chi connectivity index (χ4n) is 2.12. The van der Waals surface area contributed by atoms with Gasteiger partial charge in [0.15, 0.2) is 0 Å². The molecule has 1 aromatic heterocycles. The van der Waals surface area contributed by atoms with Crippen LogP contribution in [-0.2, 0) is 17.2 Å². The largest absolute Gasteiger partial charge is 0.370 e. The number of hydrogen-bond acceptors (Lipinski definition) is 3. The Morgan fingerprint density at radius 2 is 2.05 bits per heavy atom. The first-order valence-corrected chi connectivity index (χ1v) is 6.99. The SMILES string of the molecule is NC(=O)CCCCn1c(CCl)nc2ccccc2c1=O. The van der Waals surface area contributed by atoms with Crippen molar-refractivity contribution in [1.29, 1.82) is 0 Å². The molecular formula is C14H16ClN3O2. The van der Waals surface area contributed by atoms with Gasteiger partial charge in [0.1, 0.15) is 5.82 Å². The Bertz CT molecular complexity index is 682. The number of hydrogen-bond donors (Lipinski definition) is 1. The van der Waals surface area contributed by atoms with Gasteiger partial charge in [-0.25, -0.2) is 4.98 Å². The summed E-state index contributed by atoms with van der Waals surface area (Å²) in [6.45, 7) is 0.492. The van der Waals surface area contributed by atoms with Crippen molar-refractivity contribution in [3.8, 4) is 0 Å². The summed E-state index contributed by atoms with van der Waals surface area (Å²) in [4.78, 5) is 27.5. The number of para-hydroxylation sites is 1. The normalized spacial score (nSPS) is 10.8. The molecular weight excluding hydrogens is 278 g/mol. The lowest BCUT2D eigenvalue weighted by molar-refractivity contribution is -0.118. The molecule has 2 aromatic rings. The number of fused-ring (bicyclic) bond motifs is 1. The van der Waals surface area contributed by atoms with E-state index < -0.39 is 0 Å². The van der Waals surface area contributed by atoms with Gasteiger partial charge in [-0.05, 0) is 25.0 Å². The van der Waals surface area contributed by atoms with Gasteiger partial charge in [0.25, 0.3) is 5.56 Å². The Morgan fingerprint density at radius 3 is 2.75 bits per heavy atom. The minimum absolute atomic E-state index is 0.0923. The van der Waals surface area contributed by atoms with Crippen LogP contribution >= 0.6 is 11.6 Å². The highest BCUT2D eigenvalue weighted by molar-refractivity contribution is 6.16. The number of primary amides is 1. The van der Waals surface area contributed by atoms with Gasteiger partial charge in [-0.15, -0.1) is 11.6 Å². The molecule has 2 N–H and O–H groups in total. The quantitative estimate of drug-likeness (QED) is 0.651. The predicted octanol–water partition coefficient (Wildman–Crippen LogP) is 1.79. The number of carbonyl (C=O) groups is 1. The van der Waals surface area contributed by atoms with Gasteiger partial charge in [0.05, 0.1) is 16.8 Å². The maximum absolute atomic E-state index is 12.4. The fraction of sp³-hybridized carbons (Fsp3) is 0.357. The second-order valence-electron chi connectivity index (χ2n) is 4.56. The molecule has 0 bridgehead atoms. The third kappa shape index (κ3) is 3.17. The lowest BCUT2D eigenvalue weighted by atomic mass is 10.2. The van der Waals surface area contributed by atoms with E-state index in [0.717, 1.165) is 0 Å². The number of amides is 1. The molecule has 1 heterocycles. The number of halogens is 1. The van der Waals surface area contributed by atoms with Gasteiger partial charge < -0.3 is 5.73 Å². The van der Waals surface area contributed by atoms with E-state index in [4.69, 9.17) is 17.3 Å². The van der Waals surface area contributed by atoms with E-state index in [1.807, 2.05) is 12.1 Å². The summed E-state index contributed by atoms with van der Waals surface area (Å²) in [5.74, 6) is 0.400. The van der Waals surface area contributed by atoms with Crippen LogP contribution in [0.1, 0.15) is 25.1 Å². The zero-order valence-corrected chi connectivity index (χ0v) is 11.8. The number of unbranched alkanes of at least 4 members (excludes halogenated alkanes) is 1. The van der Waals surface area contributed by atoms with Crippen molar-refractivity contribution in [3.05, 3.63) is 40.4 Å². The van der Waals surface area contributed by atoms with E-state index in [0.29, 0.717) is 42.5 Å². The van der Waals surface area contributed by atoms with Gasteiger partial charge in [0.2, 0.25) is 5.91 Å². The van der Waals surface area contributed by atoms with Crippen LogP contribution < -0.4 is 11.3 Å². The van der Waals surface area contributed by atoms with Gasteiger partial charge in [-0.2, -0.15) is 0 Å². The van der Waals surface area contributed by atoms with Gasteiger partial charge in [-0.3, -0.25) is 14.2 Å². The standard InChI is InChI=1S/C14H16ClN3O2/c15-9-13-17-11-6-2-1-5-10(11)14(20)18(13)8-4-3-7-12(16)19/h1-2,5-6H,3-4,7-9H2,(H2,16,19). The van der Waals surface area contributed by atoms with Crippen LogP contribution in [-0.4, -0.2) is 15.5 Å². The van der Waals surface area contributed by atoms with E-state index in [1.165, 1.54) is 0 Å². The molecule has 0 aliphatic heterocycles. The molecule has 0 atom stereocenters. The summed E-state index contributed by atoms with van der Waals surface area (Å²) >= 11 is 5.87. The van der Waals surface area contributed by atoms with Gasteiger partial charge >= 0.3 is 0 Å². The van der Waals surface area contributed by atoms with Crippen molar-refractivity contribution in [2.45, 2.75) is 31.7 Å². The first kappa shape index (κ1) is 14.5. The molecule has 0 spiro atoms. The van der Waals surface area contributed by atoms with Crippen LogP contribution in [0.3, 0.4) is 0 Å². The molecule has 20 heavy (non-hydrogen) atoms. The second kappa shape index (κ2) is 6.52. The maximum Gasteiger partial charge on any atom is 0.261 e. The van der Waals surface area contributed by atoms with Crippen LogP contribution in [0.2, 0.25) is 0 Å². The predicted molar refractivity (Wildman–Crippen MR) is 78.6 cm³/mol. The second-order valence-corrected chi connectivity index (χ2v) is 4.83. The molecule has 2 rings (SSSR count). The molecule has 1 amide bonds. The summed E-state index contributed by atoms with van der Waals surface area (Å²) < 4.78 is 1.58. The molecule has 0 saturated carbocycles. The lowest BCUT2D eigenvalue weighted by Crippen LogP contribution is -2.25. The number of benzene rings is 1. The minimum atomic E-state index is -0.327. The highest BCUT2D eigenvalue weighted by atomic mass is 35.5. The van der Waals surface area contributed by atoms with Crippen molar-refractivity contribution < 1.29 is 4.79 Å². The zero-order chi connectivity index (χ0) is 14.5. The molecule has 1 aromatic carbocycles. The number of aromatic nitrogens is 2. The van der Waals surface area contributed by atoms with Crippen molar-refractivity contribution in [1.82, 2.24) is 9.55 Å². The summed E-state index contributed by atoms with van der Waals surface area (Å²) in [7, 11) is 0. The number of nitrogens with two attached hydrogens (primary N) is 1. The zero-order valence-electron chi connectivity index (χ0n) is 11.0. The number of carbonyl (C=O) groups excluding carboxylic acids is 1. The Hall–Kier alpha value is -1.88. The van der Waals surface area contributed by atoms with Crippen LogP contribution in [0.5, 0.6) is 0 Å². The molecule has 0 radical (unpaired) electrons. The Morgan fingerprint density at radius 1 is 1.30 bits per heavy atom. The Labute approximate surface area is 121 Å². The summed E-state index contributed by atoms with van der Waals surface area (Å²) in [5, 5.41) is 0.580. The highest BCUT2D eigenvalue weighted by Crippen LogP contribution is 2.10. The van der Waals surface area contributed by atoms with E-state index in [9.17, 15) is 9.59 Å². The molecule has 0 unspecified atom stereocenters. The third-order valence-electron chi connectivity index (χ3n) is 3.12. The molecule has 0 saturated heterocycles. The topological polar surface area (TPSA) is 78.0 Å². The molecule has 6 heteroatoms. The van der Waals surface area contributed by atoms with Crippen LogP contribution in [0.4, 0.5) is 0 Å². The summed E-state index contributed by atoms with van der Waals surface area (Å²) in [5.41, 5.74) is 5.65. The van der Waals surface area contributed by atoms with Crippen molar-refractivity contribution in [2.75, 3.05) is 0 Å². The molecule has 0 aliphatic rings. The summed E-state index contributed by atoms with van der Waals surface area (Å²) in [6.07, 6.45) is 1.66. The van der Waals surface area contributed by atoms with Gasteiger partial charge in [0, 0.05) is 13.0 Å². The number of nitrogens with zero attached hydrogens (tertiary/aromatic N) is 2. The van der Waals surface area contributed by atoms with E-state index in [2.05, 4.69) is 4.98 Å². The van der Waals surface area contributed by atoms with E-state index in [-0.39, 0.29) is 17.3 Å². The number of alkyl halides is 1.